The number of amides is 1. The monoisotopic (exact) mass is 464 g/mol. The number of likely N-dealkylation sites (tertiary alicyclic amines) is 1. The minimum absolute atomic E-state index is 0. The van der Waals surface area contributed by atoms with E-state index in [1.807, 2.05) is 6.07 Å². The normalized spacial score (nSPS) is 18.4. The number of carbonyl (C=O) groups excluding carboxylic acids is 1. The molecule has 0 saturated carbocycles. The van der Waals surface area contributed by atoms with Gasteiger partial charge in [0.25, 0.3) is 0 Å². The van der Waals surface area contributed by atoms with Gasteiger partial charge in [0.05, 0.1) is 6.54 Å². The van der Waals surface area contributed by atoms with Crippen molar-refractivity contribution in [3.05, 3.63) is 22.4 Å². The van der Waals surface area contributed by atoms with Gasteiger partial charge in [-0.2, -0.15) is 0 Å². The molecule has 1 aliphatic rings. The third-order valence-corrected chi connectivity index (χ3v) is 5.88. The molecule has 1 N–H and O–H groups in total. The van der Waals surface area contributed by atoms with Gasteiger partial charge in [-0.25, -0.2) is 4.99 Å². The molecule has 0 radical (unpaired) electrons. The van der Waals surface area contributed by atoms with E-state index in [-0.39, 0.29) is 47.4 Å². The van der Waals surface area contributed by atoms with Gasteiger partial charge in [-0.05, 0) is 25.3 Å². The molecular weight excluding hydrogens is 435 g/mol. The lowest BCUT2D eigenvalue weighted by Gasteiger charge is -2.62. The van der Waals surface area contributed by atoms with Crippen LogP contribution in [-0.2, 0) is 11.3 Å². The number of nitrogens with zero attached hydrogens (tertiary/aromatic N) is 3. The molecule has 5 nitrogen and oxygen atoms in total. The third kappa shape index (κ3) is 4.41. The quantitative estimate of drug-likeness (QED) is 0.424. The van der Waals surface area contributed by atoms with Crippen LogP contribution in [0.25, 0.3) is 0 Å². The molecule has 24 heavy (non-hydrogen) atoms. The summed E-state index contributed by atoms with van der Waals surface area (Å²) in [6.45, 7) is 10.8. The highest BCUT2D eigenvalue weighted by molar-refractivity contribution is 14.0. The van der Waals surface area contributed by atoms with Gasteiger partial charge >= 0.3 is 0 Å². The van der Waals surface area contributed by atoms with E-state index >= 15 is 0 Å². The maximum Gasteiger partial charge on any atom is 0.243 e. The largest absolute Gasteiger partial charge is 0.351 e. The highest BCUT2D eigenvalue weighted by atomic mass is 127. The fourth-order valence-corrected chi connectivity index (χ4v) is 3.14. The van der Waals surface area contributed by atoms with Crippen LogP contribution in [0.2, 0.25) is 0 Å². The SMILES string of the molecule is CN(C)C(=O)CN=C(NCc1cccs1)N1CC(C)(C)C1(C)C.I. The van der Waals surface area contributed by atoms with E-state index in [9.17, 15) is 4.79 Å². The molecule has 1 saturated heterocycles. The standard InChI is InChI=1S/C17H28N4OS.HI/c1-16(2)12-21(17(16,3)4)15(19-11-14(22)20(5)6)18-10-13-8-7-9-23-13;/h7-9H,10-12H2,1-6H3,(H,18,19);1H. The minimum atomic E-state index is 0. The van der Waals surface area contributed by atoms with Crippen LogP contribution < -0.4 is 5.32 Å². The Morgan fingerprint density at radius 3 is 2.50 bits per heavy atom. The molecule has 1 aliphatic heterocycles. The predicted molar refractivity (Wildman–Crippen MR) is 112 cm³/mol. The molecule has 1 aromatic heterocycles. The van der Waals surface area contributed by atoms with E-state index in [1.165, 1.54) is 4.88 Å². The highest BCUT2D eigenvalue weighted by Crippen LogP contribution is 2.46. The van der Waals surface area contributed by atoms with Crippen molar-refractivity contribution in [1.29, 1.82) is 0 Å². The van der Waals surface area contributed by atoms with Crippen molar-refractivity contribution in [1.82, 2.24) is 15.1 Å². The van der Waals surface area contributed by atoms with Crippen molar-refractivity contribution in [2.45, 2.75) is 39.8 Å². The number of guanidine groups is 1. The number of hydrogen-bond donors (Lipinski definition) is 1. The summed E-state index contributed by atoms with van der Waals surface area (Å²) in [5, 5.41) is 5.50. The molecule has 2 rings (SSSR count). The van der Waals surface area contributed by atoms with E-state index in [2.05, 4.69) is 54.4 Å². The van der Waals surface area contributed by atoms with Crippen molar-refractivity contribution in [3.63, 3.8) is 0 Å². The van der Waals surface area contributed by atoms with Crippen LogP contribution in [0.4, 0.5) is 0 Å². The molecule has 0 aliphatic carbocycles. The third-order valence-electron chi connectivity index (χ3n) is 5.00. The number of halogens is 1. The Morgan fingerprint density at radius 1 is 1.38 bits per heavy atom. The molecule has 0 bridgehead atoms. The molecule has 1 aromatic rings. The summed E-state index contributed by atoms with van der Waals surface area (Å²) in [6.07, 6.45) is 0. The zero-order chi connectivity index (χ0) is 17.3. The van der Waals surface area contributed by atoms with Gasteiger partial charge in [0.2, 0.25) is 5.91 Å². The molecule has 7 heteroatoms. The van der Waals surface area contributed by atoms with Crippen LogP contribution in [0.15, 0.2) is 22.5 Å². The van der Waals surface area contributed by atoms with E-state index in [1.54, 1.807) is 30.3 Å². The van der Waals surface area contributed by atoms with Crippen LogP contribution in [-0.4, -0.2) is 54.4 Å². The van der Waals surface area contributed by atoms with Gasteiger partial charge < -0.3 is 15.1 Å². The molecule has 0 atom stereocenters. The molecule has 1 fully saturated rings. The predicted octanol–water partition coefficient (Wildman–Crippen LogP) is 3.02. The van der Waals surface area contributed by atoms with Crippen LogP contribution in [0, 0.1) is 5.41 Å². The maximum atomic E-state index is 11.9. The van der Waals surface area contributed by atoms with Crippen molar-refractivity contribution < 1.29 is 4.79 Å². The average Bonchev–Trinajstić information content (AvgIpc) is 2.98. The Balaban J connectivity index is 0.00000288. The first-order chi connectivity index (χ1) is 10.6. The van der Waals surface area contributed by atoms with Crippen molar-refractivity contribution in [2.75, 3.05) is 27.2 Å². The zero-order valence-electron chi connectivity index (χ0n) is 15.4. The minimum Gasteiger partial charge on any atom is -0.351 e. The summed E-state index contributed by atoms with van der Waals surface area (Å²) < 4.78 is 0. The molecule has 2 heterocycles. The topological polar surface area (TPSA) is 47.9 Å². The number of carbonyl (C=O) groups is 1. The Kier molecular flexibility index (Phi) is 7.10. The Morgan fingerprint density at radius 2 is 2.04 bits per heavy atom. The van der Waals surface area contributed by atoms with Crippen LogP contribution >= 0.6 is 35.3 Å². The number of hydrogen-bond acceptors (Lipinski definition) is 3. The average molecular weight is 464 g/mol. The summed E-state index contributed by atoms with van der Waals surface area (Å²) >= 11 is 1.72. The molecule has 1 amide bonds. The van der Waals surface area contributed by atoms with Gasteiger partial charge in [0.15, 0.2) is 5.96 Å². The molecule has 0 aromatic carbocycles. The van der Waals surface area contributed by atoms with E-state index < -0.39 is 0 Å². The second-order valence-electron chi connectivity index (χ2n) is 7.39. The summed E-state index contributed by atoms with van der Waals surface area (Å²) in [4.78, 5) is 21.5. The van der Waals surface area contributed by atoms with Crippen molar-refractivity contribution in [2.24, 2.45) is 10.4 Å². The summed E-state index contributed by atoms with van der Waals surface area (Å²) in [6, 6.07) is 4.15. The first kappa shape index (κ1) is 21.2. The van der Waals surface area contributed by atoms with E-state index in [4.69, 9.17) is 0 Å². The van der Waals surface area contributed by atoms with E-state index in [0.29, 0.717) is 0 Å². The summed E-state index contributed by atoms with van der Waals surface area (Å²) in [7, 11) is 3.51. The molecule has 0 spiro atoms. The van der Waals surface area contributed by atoms with Crippen LogP contribution in [0.1, 0.15) is 32.6 Å². The lowest BCUT2D eigenvalue weighted by Crippen LogP contribution is -2.72. The smallest absolute Gasteiger partial charge is 0.243 e. The van der Waals surface area contributed by atoms with Gasteiger partial charge in [0.1, 0.15) is 6.54 Å². The lowest BCUT2D eigenvalue weighted by atomic mass is 9.65. The Labute approximate surface area is 166 Å². The Bertz CT molecular complexity index is 581. The van der Waals surface area contributed by atoms with Gasteiger partial charge in [-0.15, -0.1) is 35.3 Å². The number of rotatable bonds is 4. The summed E-state index contributed by atoms with van der Waals surface area (Å²) in [5.41, 5.74) is 0.236. The van der Waals surface area contributed by atoms with E-state index in [0.717, 1.165) is 19.0 Å². The highest BCUT2D eigenvalue weighted by Gasteiger charge is 2.53. The fraction of sp³-hybridized carbons (Fsp3) is 0.647. The number of likely N-dealkylation sites (N-methyl/N-ethyl adjacent to an activating group) is 1. The second-order valence-corrected chi connectivity index (χ2v) is 8.42. The number of aliphatic imine (C=N–C) groups is 1. The number of nitrogens with one attached hydrogen (secondary N) is 1. The fourth-order valence-electron chi connectivity index (χ4n) is 2.50. The maximum absolute atomic E-state index is 11.9. The van der Waals surface area contributed by atoms with Gasteiger partial charge in [-0.1, -0.05) is 19.9 Å². The first-order valence-electron chi connectivity index (χ1n) is 7.93. The van der Waals surface area contributed by atoms with Crippen LogP contribution in [0.3, 0.4) is 0 Å². The molecule has 0 unspecified atom stereocenters. The number of thiophene rings is 1. The first-order valence-corrected chi connectivity index (χ1v) is 8.81. The summed E-state index contributed by atoms with van der Waals surface area (Å²) in [5.74, 6) is 0.830. The lowest BCUT2D eigenvalue weighted by molar-refractivity contribution is -0.127. The second kappa shape index (κ2) is 8.03. The molecule has 136 valence electrons. The van der Waals surface area contributed by atoms with Crippen molar-refractivity contribution >= 4 is 47.2 Å². The van der Waals surface area contributed by atoms with Crippen molar-refractivity contribution in [3.8, 4) is 0 Å². The van der Waals surface area contributed by atoms with Gasteiger partial charge in [0, 0.05) is 36.5 Å². The molecular formula is C17H29IN4OS. The zero-order valence-corrected chi connectivity index (χ0v) is 18.6. The van der Waals surface area contributed by atoms with Gasteiger partial charge in [-0.3, -0.25) is 4.79 Å². The van der Waals surface area contributed by atoms with Crippen LogP contribution in [0.5, 0.6) is 0 Å². The Hall–Kier alpha value is -0.830.